The van der Waals surface area contributed by atoms with Crippen molar-refractivity contribution in [1.82, 2.24) is 9.80 Å². The molecular weight excluding hydrogens is 361 g/mol. The lowest BCUT2D eigenvalue weighted by Crippen LogP contribution is -2.45. The number of carbonyl (C=O) groups excluding carboxylic acids is 2. The third kappa shape index (κ3) is 5.14. The van der Waals surface area contributed by atoms with E-state index in [1.54, 1.807) is 11.0 Å². The van der Waals surface area contributed by atoms with Gasteiger partial charge in [0.15, 0.2) is 0 Å². The van der Waals surface area contributed by atoms with Crippen LogP contribution in [0.3, 0.4) is 0 Å². The van der Waals surface area contributed by atoms with Crippen LogP contribution >= 0.6 is 0 Å². The molecule has 1 aromatic rings. The maximum atomic E-state index is 12.8. The van der Waals surface area contributed by atoms with Crippen LogP contribution < -0.4 is 0 Å². The number of hydrogen-bond donors (Lipinski definition) is 0. The van der Waals surface area contributed by atoms with Gasteiger partial charge in [-0.1, -0.05) is 18.2 Å². The summed E-state index contributed by atoms with van der Waals surface area (Å²) in [4.78, 5) is 27.0. The zero-order valence-electron chi connectivity index (χ0n) is 15.0. The zero-order chi connectivity index (χ0) is 19.4. The predicted octanol–water partition coefficient (Wildman–Crippen LogP) is 3.33. The van der Waals surface area contributed by atoms with E-state index in [1.165, 1.54) is 17.0 Å². The summed E-state index contributed by atoms with van der Waals surface area (Å²) in [5.41, 5.74) is 0.0334. The molecule has 5 nitrogen and oxygen atoms in total. The molecule has 0 radical (unpaired) electrons. The maximum absolute atomic E-state index is 12.8. The third-order valence-electron chi connectivity index (χ3n) is 5.14. The van der Waals surface area contributed by atoms with Gasteiger partial charge in [-0.05, 0) is 43.2 Å². The molecule has 0 aromatic heterocycles. The smallest absolute Gasteiger partial charge is 0.416 e. The van der Waals surface area contributed by atoms with Gasteiger partial charge in [-0.15, -0.1) is 0 Å². The van der Waals surface area contributed by atoms with Crippen LogP contribution in [0.2, 0.25) is 0 Å². The molecular formula is C19H23F3N2O3. The zero-order valence-corrected chi connectivity index (χ0v) is 15.0. The SMILES string of the molecule is O=C(CN1CCOC1=O)N1CCC[C@@H](CCc2cccc(C(F)(F)F)c2)C1. The Morgan fingerprint density at radius 1 is 1.26 bits per heavy atom. The summed E-state index contributed by atoms with van der Waals surface area (Å²) in [6, 6.07) is 5.42. The van der Waals surface area contributed by atoms with Gasteiger partial charge in [0.1, 0.15) is 13.2 Å². The first-order valence-corrected chi connectivity index (χ1v) is 9.18. The minimum atomic E-state index is -4.33. The van der Waals surface area contributed by atoms with Gasteiger partial charge in [0.2, 0.25) is 5.91 Å². The average molecular weight is 384 g/mol. The minimum Gasteiger partial charge on any atom is -0.448 e. The highest BCUT2D eigenvalue weighted by Gasteiger charge is 2.31. The second-order valence-corrected chi connectivity index (χ2v) is 7.12. The molecule has 27 heavy (non-hydrogen) atoms. The molecule has 0 aliphatic carbocycles. The molecule has 148 valence electrons. The Morgan fingerprint density at radius 2 is 2.07 bits per heavy atom. The number of alkyl halides is 3. The van der Waals surface area contributed by atoms with E-state index < -0.39 is 17.8 Å². The lowest BCUT2D eigenvalue weighted by atomic mass is 9.91. The number of piperidine rings is 1. The first-order chi connectivity index (χ1) is 12.8. The van der Waals surface area contributed by atoms with Gasteiger partial charge in [-0.3, -0.25) is 9.69 Å². The van der Waals surface area contributed by atoms with E-state index in [-0.39, 0.29) is 18.4 Å². The molecule has 1 atom stereocenters. The molecule has 2 heterocycles. The topological polar surface area (TPSA) is 49.9 Å². The number of nitrogens with zero attached hydrogens (tertiary/aromatic N) is 2. The van der Waals surface area contributed by atoms with E-state index in [1.807, 2.05) is 0 Å². The molecule has 2 aliphatic rings. The standard InChI is InChI=1S/C19H23F3N2O3/c20-19(21,22)16-5-1-3-14(11-16)6-7-15-4-2-8-23(12-15)17(25)13-24-9-10-27-18(24)26/h1,3,5,11,15H,2,4,6-10,12-13H2/t15-/m0/s1. The average Bonchev–Trinajstić information content (AvgIpc) is 3.04. The van der Waals surface area contributed by atoms with Crippen LogP contribution in [-0.2, 0) is 22.1 Å². The van der Waals surface area contributed by atoms with E-state index in [0.717, 1.165) is 25.3 Å². The summed E-state index contributed by atoms with van der Waals surface area (Å²) in [5, 5.41) is 0. The molecule has 0 N–H and O–H groups in total. The summed E-state index contributed by atoms with van der Waals surface area (Å²) in [5.74, 6) is 0.153. The van der Waals surface area contributed by atoms with Gasteiger partial charge in [0.05, 0.1) is 12.1 Å². The Bertz CT molecular complexity index is 693. The van der Waals surface area contributed by atoms with E-state index in [9.17, 15) is 22.8 Å². The molecule has 0 unspecified atom stereocenters. The molecule has 2 saturated heterocycles. The quantitative estimate of drug-likeness (QED) is 0.783. The summed E-state index contributed by atoms with van der Waals surface area (Å²) >= 11 is 0. The summed E-state index contributed by atoms with van der Waals surface area (Å²) in [7, 11) is 0. The summed E-state index contributed by atoms with van der Waals surface area (Å²) in [6.45, 7) is 2.00. The van der Waals surface area contributed by atoms with Crippen molar-refractivity contribution in [3.8, 4) is 0 Å². The van der Waals surface area contributed by atoms with Gasteiger partial charge < -0.3 is 9.64 Å². The third-order valence-corrected chi connectivity index (χ3v) is 5.14. The second-order valence-electron chi connectivity index (χ2n) is 7.12. The van der Waals surface area contributed by atoms with Crippen LogP contribution in [0.1, 0.15) is 30.4 Å². The lowest BCUT2D eigenvalue weighted by molar-refractivity contribution is -0.137. The van der Waals surface area contributed by atoms with E-state index in [0.29, 0.717) is 38.2 Å². The number of benzene rings is 1. The van der Waals surface area contributed by atoms with Crippen molar-refractivity contribution in [3.05, 3.63) is 35.4 Å². The maximum Gasteiger partial charge on any atom is 0.416 e. The number of rotatable bonds is 5. The van der Waals surface area contributed by atoms with Crippen LogP contribution in [0.25, 0.3) is 0 Å². The number of halogens is 3. The molecule has 3 rings (SSSR count). The van der Waals surface area contributed by atoms with Crippen LogP contribution in [0.15, 0.2) is 24.3 Å². The number of cyclic esters (lactones) is 1. The Hall–Kier alpha value is -2.25. The fourth-order valence-corrected chi connectivity index (χ4v) is 3.63. The van der Waals surface area contributed by atoms with Gasteiger partial charge in [-0.25, -0.2) is 4.79 Å². The van der Waals surface area contributed by atoms with Crippen LogP contribution in [0.5, 0.6) is 0 Å². The molecule has 2 amide bonds. The normalized spacial score (nSPS) is 20.7. The van der Waals surface area contributed by atoms with Crippen LogP contribution in [0, 0.1) is 5.92 Å². The van der Waals surface area contributed by atoms with E-state index >= 15 is 0 Å². The number of amides is 2. The largest absolute Gasteiger partial charge is 0.448 e. The number of ether oxygens (including phenoxy) is 1. The first kappa shape index (κ1) is 19.5. The van der Waals surface area contributed by atoms with Crippen molar-refractivity contribution < 1.29 is 27.5 Å². The van der Waals surface area contributed by atoms with Gasteiger partial charge in [0.25, 0.3) is 0 Å². The van der Waals surface area contributed by atoms with Gasteiger partial charge in [0, 0.05) is 13.1 Å². The molecule has 0 bridgehead atoms. The van der Waals surface area contributed by atoms with Crippen LogP contribution in [-0.4, -0.2) is 54.6 Å². The minimum absolute atomic E-state index is 0.0270. The summed E-state index contributed by atoms with van der Waals surface area (Å²) < 4.78 is 43.3. The number of likely N-dealkylation sites (tertiary alicyclic amines) is 1. The number of hydrogen-bond acceptors (Lipinski definition) is 3. The monoisotopic (exact) mass is 384 g/mol. The van der Waals surface area contributed by atoms with Crippen LogP contribution in [0.4, 0.5) is 18.0 Å². The highest BCUT2D eigenvalue weighted by Crippen LogP contribution is 2.30. The molecule has 2 fully saturated rings. The Labute approximate surface area is 156 Å². The number of aryl methyl sites for hydroxylation is 1. The Balaban J connectivity index is 1.51. The number of carbonyl (C=O) groups is 2. The van der Waals surface area contributed by atoms with Crippen molar-refractivity contribution in [2.45, 2.75) is 31.9 Å². The predicted molar refractivity (Wildman–Crippen MR) is 92.0 cm³/mol. The first-order valence-electron chi connectivity index (χ1n) is 9.18. The van der Waals surface area contributed by atoms with Crippen molar-refractivity contribution in [2.24, 2.45) is 5.92 Å². The fourth-order valence-electron chi connectivity index (χ4n) is 3.63. The van der Waals surface area contributed by atoms with Gasteiger partial charge >= 0.3 is 12.3 Å². The highest BCUT2D eigenvalue weighted by molar-refractivity contribution is 5.83. The van der Waals surface area contributed by atoms with Crippen molar-refractivity contribution in [1.29, 1.82) is 0 Å². The molecule has 0 spiro atoms. The van der Waals surface area contributed by atoms with Crippen molar-refractivity contribution in [3.63, 3.8) is 0 Å². The van der Waals surface area contributed by atoms with Crippen molar-refractivity contribution >= 4 is 12.0 Å². The van der Waals surface area contributed by atoms with E-state index in [2.05, 4.69) is 0 Å². The lowest BCUT2D eigenvalue weighted by Gasteiger charge is -2.33. The molecule has 1 aromatic carbocycles. The fraction of sp³-hybridized carbons (Fsp3) is 0.579. The van der Waals surface area contributed by atoms with E-state index in [4.69, 9.17) is 4.74 Å². The second kappa shape index (κ2) is 8.19. The molecule has 2 aliphatic heterocycles. The molecule has 0 saturated carbocycles. The molecule has 8 heteroatoms. The van der Waals surface area contributed by atoms with Crippen molar-refractivity contribution in [2.75, 3.05) is 32.8 Å². The summed E-state index contributed by atoms with van der Waals surface area (Å²) in [6.07, 6.45) is -1.69. The van der Waals surface area contributed by atoms with Gasteiger partial charge in [-0.2, -0.15) is 13.2 Å². The highest BCUT2D eigenvalue weighted by atomic mass is 19.4. The Morgan fingerprint density at radius 3 is 2.78 bits per heavy atom. The Kier molecular flexibility index (Phi) is 5.92.